The molecule has 0 aliphatic heterocycles. The molecule has 8 heteroatoms. The van der Waals surface area contributed by atoms with E-state index in [4.69, 9.17) is 9.68 Å². The summed E-state index contributed by atoms with van der Waals surface area (Å²) in [7, 11) is -3.80. The summed E-state index contributed by atoms with van der Waals surface area (Å²) in [5.41, 5.74) is 0.701. The minimum Gasteiger partial charge on any atom is -0.431 e. The number of sulfonamides is 1. The normalized spacial score (nSPS) is 10.9. The zero-order valence-electron chi connectivity index (χ0n) is 9.28. The van der Waals surface area contributed by atoms with Crippen LogP contribution in [0.1, 0.15) is 11.4 Å². The van der Waals surface area contributed by atoms with E-state index < -0.39 is 10.0 Å². The summed E-state index contributed by atoms with van der Waals surface area (Å²) in [6.07, 6.45) is 2.42. The molecule has 0 radical (unpaired) electrons. The molecule has 0 atom stereocenters. The quantitative estimate of drug-likeness (QED) is 0.887. The van der Waals surface area contributed by atoms with Gasteiger partial charge in [-0.1, -0.05) is 0 Å². The van der Waals surface area contributed by atoms with Crippen molar-refractivity contribution < 1.29 is 12.8 Å². The molecule has 2 heterocycles. The first kappa shape index (κ1) is 12.1. The maximum absolute atomic E-state index is 11.9. The molecule has 0 bridgehead atoms. The summed E-state index contributed by atoms with van der Waals surface area (Å²) < 4.78 is 30.8. The Morgan fingerprint density at radius 2 is 2.22 bits per heavy atom. The van der Waals surface area contributed by atoms with Crippen LogP contribution in [0.25, 0.3) is 0 Å². The van der Waals surface area contributed by atoms with Crippen LogP contribution in [0.4, 0.5) is 6.01 Å². The Bertz CT molecular complexity index is 697. The van der Waals surface area contributed by atoms with Crippen molar-refractivity contribution in [3.05, 3.63) is 36.0 Å². The number of nitrogens with zero attached hydrogens (tertiary/aromatic N) is 3. The topological polar surface area (TPSA) is 109 Å². The molecule has 1 N–H and O–H groups in total. The first-order valence-electron chi connectivity index (χ1n) is 4.82. The molecule has 0 amide bonds. The van der Waals surface area contributed by atoms with Gasteiger partial charge in [0, 0.05) is 6.20 Å². The van der Waals surface area contributed by atoms with Gasteiger partial charge >= 0.3 is 6.01 Å². The van der Waals surface area contributed by atoms with Crippen LogP contribution in [0.2, 0.25) is 0 Å². The molecular formula is C10H8N4O3S. The van der Waals surface area contributed by atoms with E-state index in [9.17, 15) is 8.42 Å². The lowest BCUT2D eigenvalue weighted by Crippen LogP contribution is -2.13. The van der Waals surface area contributed by atoms with Gasteiger partial charge in [-0.15, -0.1) is 0 Å². The van der Waals surface area contributed by atoms with Gasteiger partial charge in [0.2, 0.25) is 0 Å². The minimum atomic E-state index is -3.80. The number of oxazole rings is 1. The van der Waals surface area contributed by atoms with Crippen LogP contribution in [0.15, 0.2) is 33.9 Å². The van der Waals surface area contributed by atoms with Gasteiger partial charge in [0.15, 0.2) is 0 Å². The smallest absolute Gasteiger partial charge is 0.309 e. The molecule has 0 unspecified atom stereocenters. The Hall–Kier alpha value is -2.40. The van der Waals surface area contributed by atoms with Crippen molar-refractivity contribution in [2.24, 2.45) is 0 Å². The molecule has 0 aliphatic carbocycles. The van der Waals surface area contributed by atoms with Crippen molar-refractivity contribution in [1.29, 1.82) is 5.26 Å². The molecule has 0 saturated heterocycles. The van der Waals surface area contributed by atoms with Crippen LogP contribution in [-0.4, -0.2) is 18.4 Å². The summed E-state index contributed by atoms with van der Waals surface area (Å²) >= 11 is 0. The first-order chi connectivity index (χ1) is 8.51. The van der Waals surface area contributed by atoms with E-state index in [-0.39, 0.29) is 16.6 Å². The van der Waals surface area contributed by atoms with Crippen molar-refractivity contribution in [3.63, 3.8) is 0 Å². The Balaban J connectivity index is 2.28. The fraction of sp³-hybridized carbons (Fsp3) is 0.100. The second-order valence-corrected chi connectivity index (χ2v) is 5.07. The Morgan fingerprint density at radius 1 is 1.44 bits per heavy atom. The van der Waals surface area contributed by atoms with E-state index in [1.54, 1.807) is 13.0 Å². The number of rotatable bonds is 3. The summed E-state index contributed by atoms with van der Waals surface area (Å²) in [4.78, 5) is 7.43. The standard InChI is InChI=1S/C10H8N4O3S/c1-7-6-17-10(13-7)14-18(15,16)9-3-2-8(4-11)12-5-9/h2-3,5-6H,1H3,(H,13,14). The fourth-order valence-corrected chi connectivity index (χ4v) is 2.06. The molecule has 2 aromatic rings. The van der Waals surface area contributed by atoms with Gasteiger partial charge in [0.05, 0.1) is 5.69 Å². The van der Waals surface area contributed by atoms with Crippen LogP contribution in [0, 0.1) is 18.3 Å². The van der Waals surface area contributed by atoms with Gasteiger partial charge < -0.3 is 4.42 Å². The molecule has 2 aromatic heterocycles. The molecule has 92 valence electrons. The average Bonchev–Trinajstić information content (AvgIpc) is 2.74. The lowest BCUT2D eigenvalue weighted by Gasteiger charge is -2.03. The molecular weight excluding hydrogens is 256 g/mol. The highest BCUT2D eigenvalue weighted by Gasteiger charge is 2.17. The number of aryl methyl sites for hydroxylation is 1. The molecule has 0 saturated carbocycles. The van der Waals surface area contributed by atoms with Crippen molar-refractivity contribution in [1.82, 2.24) is 9.97 Å². The maximum atomic E-state index is 11.9. The molecule has 7 nitrogen and oxygen atoms in total. The molecule has 0 aliphatic rings. The Morgan fingerprint density at radius 3 is 2.72 bits per heavy atom. The average molecular weight is 264 g/mol. The zero-order chi connectivity index (χ0) is 13.2. The summed E-state index contributed by atoms with van der Waals surface area (Å²) in [6.45, 7) is 1.67. The number of hydrogen-bond acceptors (Lipinski definition) is 6. The lowest BCUT2D eigenvalue weighted by atomic mass is 10.4. The SMILES string of the molecule is Cc1coc(NS(=O)(=O)c2ccc(C#N)nc2)n1. The lowest BCUT2D eigenvalue weighted by molar-refractivity contribution is 0.569. The predicted octanol–water partition coefficient (Wildman–Crippen LogP) is 1.05. The Kier molecular flexibility index (Phi) is 2.99. The minimum absolute atomic E-state index is 0.0719. The molecule has 0 aromatic carbocycles. The summed E-state index contributed by atoms with van der Waals surface area (Å²) in [6, 6.07) is 4.28. The number of nitrogens with one attached hydrogen (secondary N) is 1. The molecule has 18 heavy (non-hydrogen) atoms. The monoisotopic (exact) mass is 264 g/mol. The van der Waals surface area contributed by atoms with Gasteiger partial charge in [-0.25, -0.2) is 18.1 Å². The highest BCUT2D eigenvalue weighted by atomic mass is 32.2. The molecule has 2 rings (SSSR count). The van der Waals surface area contributed by atoms with Gasteiger partial charge in [-0.2, -0.15) is 10.2 Å². The van der Waals surface area contributed by atoms with Gasteiger partial charge in [-0.3, -0.25) is 0 Å². The van der Waals surface area contributed by atoms with E-state index in [1.165, 1.54) is 18.4 Å². The van der Waals surface area contributed by atoms with Crippen molar-refractivity contribution in [2.75, 3.05) is 4.72 Å². The largest absolute Gasteiger partial charge is 0.431 e. The predicted molar refractivity (Wildman–Crippen MR) is 61.0 cm³/mol. The Labute approximate surface area is 103 Å². The molecule has 0 spiro atoms. The van der Waals surface area contributed by atoms with Crippen molar-refractivity contribution >= 4 is 16.0 Å². The van der Waals surface area contributed by atoms with E-state index in [0.29, 0.717) is 5.69 Å². The van der Waals surface area contributed by atoms with Crippen LogP contribution in [0.3, 0.4) is 0 Å². The van der Waals surface area contributed by atoms with Crippen LogP contribution >= 0.6 is 0 Å². The van der Waals surface area contributed by atoms with E-state index >= 15 is 0 Å². The highest BCUT2D eigenvalue weighted by Crippen LogP contribution is 2.14. The third-order valence-electron chi connectivity index (χ3n) is 2.00. The van der Waals surface area contributed by atoms with Gasteiger partial charge in [0.25, 0.3) is 10.0 Å². The highest BCUT2D eigenvalue weighted by molar-refractivity contribution is 7.92. The number of pyridine rings is 1. The van der Waals surface area contributed by atoms with Gasteiger partial charge in [-0.05, 0) is 19.1 Å². The second-order valence-electron chi connectivity index (χ2n) is 3.39. The second kappa shape index (κ2) is 4.46. The third-order valence-corrected chi connectivity index (χ3v) is 3.31. The number of aromatic nitrogens is 2. The van der Waals surface area contributed by atoms with Crippen molar-refractivity contribution in [2.45, 2.75) is 11.8 Å². The van der Waals surface area contributed by atoms with E-state index in [1.807, 2.05) is 0 Å². The summed E-state index contributed by atoms with van der Waals surface area (Å²) in [5.74, 6) is 0. The van der Waals surface area contributed by atoms with Crippen LogP contribution < -0.4 is 4.72 Å². The zero-order valence-corrected chi connectivity index (χ0v) is 10.1. The number of anilines is 1. The third kappa shape index (κ3) is 2.46. The van der Waals surface area contributed by atoms with Crippen molar-refractivity contribution in [3.8, 4) is 6.07 Å². The van der Waals surface area contributed by atoms with Gasteiger partial charge in [0.1, 0.15) is 22.9 Å². The fourth-order valence-electron chi connectivity index (χ4n) is 1.18. The number of hydrogen-bond donors (Lipinski definition) is 1. The molecule has 0 fully saturated rings. The maximum Gasteiger partial charge on any atom is 0.309 e. The first-order valence-corrected chi connectivity index (χ1v) is 6.31. The van der Waals surface area contributed by atoms with Crippen LogP contribution in [-0.2, 0) is 10.0 Å². The van der Waals surface area contributed by atoms with E-state index in [0.717, 1.165) is 6.20 Å². The van der Waals surface area contributed by atoms with E-state index in [2.05, 4.69) is 14.7 Å². The summed E-state index contributed by atoms with van der Waals surface area (Å²) in [5, 5.41) is 8.57. The number of nitriles is 1. The van der Waals surface area contributed by atoms with Crippen LogP contribution in [0.5, 0.6) is 0 Å².